The Hall–Kier alpha value is -1.60. The van der Waals surface area contributed by atoms with Crippen LogP contribution in [0.15, 0.2) is 18.3 Å². The second kappa shape index (κ2) is 4.28. The Morgan fingerprint density at radius 2 is 2.47 bits per heavy atom. The molecule has 1 aliphatic rings. The Morgan fingerprint density at radius 3 is 3.20 bits per heavy atom. The van der Waals surface area contributed by atoms with Crippen LogP contribution in [0.5, 0.6) is 0 Å². The summed E-state index contributed by atoms with van der Waals surface area (Å²) in [6.45, 7) is 1.82. The van der Waals surface area contributed by atoms with Crippen LogP contribution in [0.2, 0.25) is 0 Å². The van der Waals surface area contributed by atoms with Gasteiger partial charge < -0.3 is 10.6 Å². The highest BCUT2D eigenvalue weighted by Gasteiger charge is 2.17. The highest BCUT2D eigenvalue weighted by Crippen LogP contribution is 2.17. The standard InChI is InChI=1S/C11H14N4/c12-7-9-3-4-14-11(6-9)15-5-1-2-10(13)8-15/h3-4,6,10H,1-2,5,8,13H2/t10-/m1/s1. The van der Waals surface area contributed by atoms with E-state index in [1.54, 1.807) is 12.3 Å². The van der Waals surface area contributed by atoms with Gasteiger partial charge in [0.25, 0.3) is 0 Å². The minimum Gasteiger partial charge on any atom is -0.355 e. The lowest BCUT2D eigenvalue weighted by Gasteiger charge is -2.31. The van der Waals surface area contributed by atoms with E-state index in [0.29, 0.717) is 5.56 Å². The van der Waals surface area contributed by atoms with Crippen molar-refractivity contribution in [2.45, 2.75) is 18.9 Å². The van der Waals surface area contributed by atoms with E-state index < -0.39 is 0 Å². The predicted molar refractivity (Wildman–Crippen MR) is 58.4 cm³/mol. The van der Waals surface area contributed by atoms with Gasteiger partial charge in [0.15, 0.2) is 0 Å². The summed E-state index contributed by atoms with van der Waals surface area (Å²) in [6, 6.07) is 5.88. The van der Waals surface area contributed by atoms with Crippen molar-refractivity contribution < 1.29 is 0 Å². The maximum atomic E-state index is 8.79. The summed E-state index contributed by atoms with van der Waals surface area (Å²) >= 11 is 0. The second-order valence-corrected chi connectivity index (χ2v) is 3.86. The number of anilines is 1. The van der Waals surface area contributed by atoms with Crippen LogP contribution in [0.1, 0.15) is 18.4 Å². The van der Waals surface area contributed by atoms with Gasteiger partial charge in [0.05, 0.1) is 11.6 Å². The molecule has 0 spiro atoms. The van der Waals surface area contributed by atoms with Crippen molar-refractivity contribution in [2.24, 2.45) is 5.73 Å². The highest BCUT2D eigenvalue weighted by atomic mass is 15.2. The summed E-state index contributed by atoms with van der Waals surface area (Å²) in [6.07, 6.45) is 3.85. The topological polar surface area (TPSA) is 65.9 Å². The van der Waals surface area contributed by atoms with E-state index in [4.69, 9.17) is 11.0 Å². The largest absolute Gasteiger partial charge is 0.355 e. The minimum atomic E-state index is 0.228. The molecule has 1 aromatic rings. The number of rotatable bonds is 1. The van der Waals surface area contributed by atoms with Crippen LogP contribution in [-0.2, 0) is 0 Å². The SMILES string of the molecule is N#Cc1ccnc(N2CCC[C@@H](N)C2)c1. The van der Waals surface area contributed by atoms with Crippen molar-refractivity contribution >= 4 is 5.82 Å². The summed E-state index contributed by atoms with van der Waals surface area (Å²) in [5.41, 5.74) is 6.55. The average Bonchev–Trinajstić information content (AvgIpc) is 2.29. The molecule has 1 aromatic heterocycles. The quantitative estimate of drug-likeness (QED) is 0.734. The van der Waals surface area contributed by atoms with Gasteiger partial charge in [-0.05, 0) is 25.0 Å². The molecule has 0 bridgehead atoms. The number of pyridine rings is 1. The van der Waals surface area contributed by atoms with Gasteiger partial charge in [-0.1, -0.05) is 0 Å². The van der Waals surface area contributed by atoms with Crippen molar-refractivity contribution in [3.8, 4) is 6.07 Å². The first kappa shape index (κ1) is 9.94. The van der Waals surface area contributed by atoms with Gasteiger partial charge in [-0.25, -0.2) is 4.98 Å². The summed E-state index contributed by atoms with van der Waals surface area (Å²) in [5.74, 6) is 0.865. The molecule has 15 heavy (non-hydrogen) atoms. The Bertz CT molecular complexity index is 382. The average molecular weight is 202 g/mol. The molecule has 0 unspecified atom stereocenters. The Balaban J connectivity index is 2.18. The molecule has 1 saturated heterocycles. The third-order valence-corrected chi connectivity index (χ3v) is 2.66. The van der Waals surface area contributed by atoms with E-state index in [9.17, 15) is 0 Å². The van der Waals surface area contributed by atoms with Crippen molar-refractivity contribution in [3.05, 3.63) is 23.9 Å². The monoisotopic (exact) mass is 202 g/mol. The zero-order valence-corrected chi connectivity index (χ0v) is 8.56. The number of piperidine rings is 1. The fourth-order valence-electron chi connectivity index (χ4n) is 1.88. The smallest absolute Gasteiger partial charge is 0.129 e. The van der Waals surface area contributed by atoms with Crippen molar-refractivity contribution in [1.29, 1.82) is 5.26 Å². The number of aromatic nitrogens is 1. The molecule has 1 atom stereocenters. The third kappa shape index (κ3) is 2.25. The molecule has 78 valence electrons. The Labute approximate surface area is 89.3 Å². The fourth-order valence-corrected chi connectivity index (χ4v) is 1.88. The zero-order valence-electron chi connectivity index (χ0n) is 8.56. The number of hydrogen-bond donors (Lipinski definition) is 1. The Kier molecular flexibility index (Phi) is 2.84. The van der Waals surface area contributed by atoms with E-state index in [0.717, 1.165) is 31.7 Å². The molecule has 2 rings (SSSR count). The summed E-state index contributed by atoms with van der Waals surface area (Å²) in [7, 11) is 0. The first-order chi connectivity index (χ1) is 7.29. The molecule has 0 aromatic carbocycles. The van der Waals surface area contributed by atoms with Crippen LogP contribution in [-0.4, -0.2) is 24.1 Å². The predicted octanol–water partition coefficient (Wildman–Crippen LogP) is 0.881. The lowest BCUT2D eigenvalue weighted by Crippen LogP contribution is -2.43. The van der Waals surface area contributed by atoms with Gasteiger partial charge in [0.1, 0.15) is 5.82 Å². The fraction of sp³-hybridized carbons (Fsp3) is 0.455. The second-order valence-electron chi connectivity index (χ2n) is 3.86. The van der Waals surface area contributed by atoms with Crippen LogP contribution >= 0.6 is 0 Å². The lowest BCUT2D eigenvalue weighted by molar-refractivity contribution is 0.503. The molecule has 0 radical (unpaired) electrons. The van der Waals surface area contributed by atoms with E-state index >= 15 is 0 Å². The molecule has 4 heteroatoms. The molecular weight excluding hydrogens is 188 g/mol. The summed E-state index contributed by atoms with van der Waals surface area (Å²) in [5, 5.41) is 8.79. The molecule has 1 aliphatic heterocycles. The van der Waals surface area contributed by atoms with Crippen LogP contribution in [0.25, 0.3) is 0 Å². The van der Waals surface area contributed by atoms with Gasteiger partial charge in [-0.2, -0.15) is 5.26 Å². The summed E-state index contributed by atoms with van der Waals surface area (Å²) in [4.78, 5) is 6.41. The number of nitrogens with two attached hydrogens (primary N) is 1. The van der Waals surface area contributed by atoms with Gasteiger partial charge in [-0.3, -0.25) is 0 Å². The molecule has 2 heterocycles. The zero-order chi connectivity index (χ0) is 10.7. The van der Waals surface area contributed by atoms with E-state index in [2.05, 4.69) is 16.0 Å². The molecule has 0 amide bonds. The van der Waals surface area contributed by atoms with Crippen molar-refractivity contribution in [3.63, 3.8) is 0 Å². The van der Waals surface area contributed by atoms with E-state index in [-0.39, 0.29) is 6.04 Å². The Morgan fingerprint density at radius 1 is 1.60 bits per heavy atom. The molecule has 1 fully saturated rings. The van der Waals surface area contributed by atoms with Gasteiger partial charge in [0.2, 0.25) is 0 Å². The van der Waals surface area contributed by atoms with Crippen molar-refractivity contribution in [1.82, 2.24) is 4.98 Å². The van der Waals surface area contributed by atoms with Gasteiger partial charge in [-0.15, -0.1) is 0 Å². The van der Waals surface area contributed by atoms with Crippen molar-refractivity contribution in [2.75, 3.05) is 18.0 Å². The first-order valence-corrected chi connectivity index (χ1v) is 5.16. The number of hydrogen-bond acceptors (Lipinski definition) is 4. The molecular formula is C11H14N4. The maximum Gasteiger partial charge on any atom is 0.129 e. The van der Waals surface area contributed by atoms with Gasteiger partial charge >= 0.3 is 0 Å². The molecule has 0 saturated carbocycles. The van der Waals surface area contributed by atoms with Crippen LogP contribution in [0.3, 0.4) is 0 Å². The normalized spacial score (nSPS) is 21.1. The highest BCUT2D eigenvalue weighted by molar-refractivity contribution is 5.45. The van der Waals surface area contributed by atoms with E-state index in [1.807, 2.05) is 6.07 Å². The van der Waals surface area contributed by atoms with Crippen LogP contribution < -0.4 is 10.6 Å². The minimum absolute atomic E-state index is 0.228. The lowest BCUT2D eigenvalue weighted by atomic mass is 10.1. The summed E-state index contributed by atoms with van der Waals surface area (Å²) < 4.78 is 0. The first-order valence-electron chi connectivity index (χ1n) is 5.16. The number of nitriles is 1. The van der Waals surface area contributed by atoms with Gasteiger partial charge in [0, 0.05) is 25.3 Å². The van der Waals surface area contributed by atoms with E-state index in [1.165, 1.54) is 0 Å². The molecule has 4 nitrogen and oxygen atoms in total. The maximum absolute atomic E-state index is 8.79. The molecule has 0 aliphatic carbocycles. The molecule has 2 N–H and O–H groups in total. The van der Waals surface area contributed by atoms with Crippen LogP contribution in [0.4, 0.5) is 5.82 Å². The third-order valence-electron chi connectivity index (χ3n) is 2.66. The number of nitrogens with zero attached hydrogens (tertiary/aromatic N) is 3. The van der Waals surface area contributed by atoms with Crippen LogP contribution in [0, 0.1) is 11.3 Å².